The standard InChI is InChI=1S/C21H25ClN2O4S.H2O4S.H2O/c1-24-18-9-6-5-8-16(18)21(23-13-7-3-2-4-10-20(25)26)17-12-11-15(22)14-19(17)29(24,27)28;1-5(2,3)4;/h5-6,8-9,11-12,14,21,23H,2-4,7,10,13H2,1H3,(H,25,26);(H2,1,2,3,4);1H2. The zero-order valence-electron chi connectivity index (χ0n) is 18.9. The van der Waals surface area contributed by atoms with Crippen molar-refractivity contribution in [2.24, 2.45) is 0 Å². The predicted molar refractivity (Wildman–Crippen MR) is 132 cm³/mol. The summed E-state index contributed by atoms with van der Waals surface area (Å²) >= 11 is 6.12. The number of carboxylic acid groups (broad SMARTS) is 1. The van der Waals surface area contributed by atoms with E-state index >= 15 is 0 Å². The van der Waals surface area contributed by atoms with Gasteiger partial charge in [-0.2, -0.15) is 8.42 Å². The van der Waals surface area contributed by atoms with Gasteiger partial charge in [-0.05, 0) is 48.7 Å². The number of para-hydroxylation sites is 1. The monoisotopic (exact) mass is 552 g/mol. The average Bonchev–Trinajstić information content (AvgIpc) is 2.80. The first-order valence-electron chi connectivity index (χ1n) is 10.3. The van der Waals surface area contributed by atoms with Crippen molar-refractivity contribution in [2.45, 2.75) is 43.0 Å². The number of carboxylic acids is 1. The third-order valence-corrected chi connectivity index (χ3v) is 7.24. The Kier molecular flexibility index (Phi) is 11.6. The molecule has 1 unspecified atom stereocenters. The third-order valence-electron chi connectivity index (χ3n) is 5.18. The molecule has 0 aromatic heterocycles. The SMILES string of the molecule is CN1c2ccccc2C(NCCCCCCC(=O)O)c2ccc(Cl)cc2S1(=O)=O.O.O=S(=O)(O)O. The van der Waals surface area contributed by atoms with E-state index in [9.17, 15) is 13.2 Å². The number of nitrogens with one attached hydrogen (secondary N) is 1. The molecule has 196 valence electrons. The van der Waals surface area contributed by atoms with Crippen LogP contribution in [0.3, 0.4) is 0 Å². The number of hydrogen-bond acceptors (Lipinski definition) is 6. The fourth-order valence-electron chi connectivity index (χ4n) is 3.65. The number of rotatable bonds is 8. The minimum atomic E-state index is -4.67. The topological polar surface area (TPSA) is 193 Å². The lowest BCUT2D eigenvalue weighted by Gasteiger charge is -2.22. The van der Waals surface area contributed by atoms with Gasteiger partial charge in [-0.15, -0.1) is 0 Å². The summed E-state index contributed by atoms with van der Waals surface area (Å²) in [6.07, 6.45) is 3.52. The van der Waals surface area contributed by atoms with Crippen LogP contribution in [-0.4, -0.2) is 56.1 Å². The number of fused-ring (bicyclic) bond motifs is 2. The molecular weight excluding hydrogens is 524 g/mol. The number of carbonyl (C=O) groups is 1. The summed E-state index contributed by atoms with van der Waals surface area (Å²) in [6, 6.07) is 12.2. The summed E-state index contributed by atoms with van der Waals surface area (Å²) in [5, 5.41) is 12.6. The highest BCUT2D eigenvalue weighted by atomic mass is 35.5. The molecule has 0 spiro atoms. The van der Waals surface area contributed by atoms with Gasteiger partial charge in [-0.3, -0.25) is 18.2 Å². The summed E-state index contributed by atoms with van der Waals surface area (Å²) in [5.74, 6) is -0.765. The number of aliphatic carboxylic acids is 1. The summed E-state index contributed by atoms with van der Waals surface area (Å²) in [7, 11) is -6.83. The summed E-state index contributed by atoms with van der Waals surface area (Å²) in [5.41, 5.74) is 2.21. The maximum atomic E-state index is 13.2. The molecule has 1 aliphatic rings. The molecule has 0 saturated carbocycles. The Morgan fingerprint density at radius 2 is 1.66 bits per heavy atom. The van der Waals surface area contributed by atoms with Crippen LogP contribution in [0.1, 0.15) is 49.3 Å². The predicted octanol–water partition coefficient (Wildman–Crippen LogP) is 2.72. The molecule has 0 amide bonds. The highest BCUT2D eigenvalue weighted by molar-refractivity contribution is 7.92. The smallest absolute Gasteiger partial charge is 0.394 e. The molecule has 0 fully saturated rings. The molecule has 0 aliphatic carbocycles. The van der Waals surface area contributed by atoms with Crippen molar-refractivity contribution in [3.8, 4) is 0 Å². The minimum Gasteiger partial charge on any atom is -0.481 e. The molecule has 35 heavy (non-hydrogen) atoms. The van der Waals surface area contributed by atoms with Crippen molar-refractivity contribution >= 4 is 43.7 Å². The van der Waals surface area contributed by atoms with E-state index in [0.717, 1.165) is 24.8 Å². The van der Waals surface area contributed by atoms with Crippen LogP contribution in [0.4, 0.5) is 5.69 Å². The van der Waals surface area contributed by atoms with Crippen LogP contribution in [0, 0.1) is 0 Å². The van der Waals surface area contributed by atoms with Crippen LogP contribution in [0.25, 0.3) is 0 Å². The molecule has 2 aromatic rings. The summed E-state index contributed by atoms with van der Waals surface area (Å²) in [6.45, 7) is 0.692. The van der Waals surface area contributed by atoms with E-state index in [1.54, 1.807) is 25.2 Å². The van der Waals surface area contributed by atoms with Gasteiger partial charge < -0.3 is 15.9 Å². The number of nitrogens with zero attached hydrogens (tertiary/aromatic N) is 1. The van der Waals surface area contributed by atoms with Crippen LogP contribution < -0.4 is 9.62 Å². The number of hydrogen-bond donors (Lipinski definition) is 4. The van der Waals surface area contributed by atoms with Crippen LogP contribution in [0.2, 0.25) is 5.02 Å². The van der Waals surface area contributed by atoms with Gasteiger partial charge in [-0.1, -0.05) is 48.7 Å². The Morgan fingerprint density at radius 1 is 1.06 bits per heavy atom. The van der Waals surface area contributed by atoms with Gasteiger partial charge in [0, 0.05) is 18.5 Å². The van der Waals surface area contributed by atoms with Gasteiger partial charge in [0.2, 0.25) is 0 Å². The first kappa shape index (κ1) is 30.8. The van der Waals surface area contributed by atoms with Crippen molar-refractivity contribution in [2.75, 3.05) is 17.9 Å². The van der Waals surface area contributed by atoms with Crippen LogP contribution in [0.5, 0.6) is 0 Å². The van der Waals surface area contributed by atoms with Crippen LogP contribution in [-0.2, 0) is 25.2 Å². The molecule has 0 bridgehead atoms. The number of halogens is 1. The van der Waals surface area contributed by atoms with Crippen LogP contribution >= 0.6 is 11.6 Å². The van der Waals surface area contributed by atoms with Crippen molar-refractivity contribution < 1.29 is 41.3 Å². The van der Waals surface area contributed by atoms with Crippen molar-refractivity contribution in [1.29, 1.82) is 0 Å². The highest BCUT2D eigenvalue weighted by Crippen LogP contribution is 2.40. The van der Waals surface area contributed by atoms with E-state index < -0.39 is 26.4 Å². The number of benzene rings is 2. The molecule has 2 aromatic carbocycles. The van der Waals surface area contributed by atoms with Gasteiger partial charge in [0.1, 0.15) is 0 Å². The van der Waals surface area contributed by atoms with E-state index in [0.29, 0.717) is 29.2 Å². The average molecular weight is 553 g/mol. The zero-order chi connectivity index (χ0) is 25.5. The third kappa shape index (κ3) is 9.04. The second kappa shape index (κ2) is 13.2. The van der Waals surface area contributed by atoms with E-state index in [1.165, 1.54) is 10.4 Å². The van der Waals surface area contributed by atoms with Crippen molar-refractivity contribution in [3.63, 3.8) is 0 Å². The largest absolute Gasteiger partial charge is 0.481 e. The molecule has 1 heterocycles. The second-order valence-corrected chi connectivity index (χ2v) is 10.9. The lowest BCUT2D eigenvalue weighted by molar-refractivity contribution is -0.137. The molecule has 6 N–H and O–H groups in total. The van der Waals surface area contributed by atoms with E-state index in [4.69, 9.17) is 34.2 Å². The molecule has 0 saturated heterocycles. The van der Waals surface area contributed by atoms with E-state index in [1.807, 2.05) is 18.2 Å². The lowest BCUT2D eigenvalue weighted by atomic mass is 9.96. The Labute approximate surface area is 209 Å². The Hall–Kier alpha value is -2.26. The number of sulfonamides is 1. The molecule has 0 radical (unpaired) electrons. The fraction of sp³-hybridized carbons (Fsp3) is 0.381. The molecule has 11 nitrogen and oxygen atoms in total. The maximum absolute atomic E-state index is 13.2. The summed E-state index contributed by atoms with van der Waals surface area (Å²) < 4.78 is 59.3. The van der Waals surface area contributed by atoms with Crippen molar-refractivity contribution in [1.82, 2.24) is 5.32 Å². The number of anilines is 1. The lowest BCUT2D eigenvalue weighted by Crippen LogP contribution is -2.26. The molecule has 3 rings (SSSR count). The first-order valence-corrected chi connectivity index (χ1v) is 13.6. The first-order chi connectivity index (χ1) is 15.8. The second-order valence-electron chi connectivity index (χ2n) is 7.61. The normalized spacial score (nSPS) is 16.0. The van der Waals surface area contributed by atoms with Crippen LogP contribution in [0.15, 0.2) is 47.4 Å². The zero-order valence-corrected chi connectivity index (χ0v) is 21.3. The fourth-order valence-corrected chi connectivity index (χ4v) is 5.37. The van der Waals surface area contributed by atoms with E-state index in [-0.39, 0.29) is 22.8 Å². The van der Waals surface area contributed by atoms with Gasteiger partial charge in [0.25, 0.3) is 10.0 Å². The molecule has 14 heteroatoms. The quantitative estimate of drug-likeness (QED) is 0.281. The molecule has 1 aliphatic heterocycles. The van der Waals surface area contributed by atoms with Gasteiger partial charge in [-0.25, -0.2) is 8.42 Å². The minimum absolute atomic E-state index is 0. The molecular formula is C21H29ClN2O9S2. The van der Waals surface area contributed by atoms with Gasteiger partial charge in [0.15, 0.2) is 0 Å². The Balaban J connectivity index is 0.000000927. The van der Waals surface area contributed by atoms with E-state index in [2.05, 4.69) is 5.32 Å². The van der Waals surface area contributed by atoms with Crippen molar-refractivity contribution in [3.05, 3.63) is 58.6 Å². The highest BCUT2D eigenvalue weighted by Gasteiger charge is 2.34. The maximum Gasteiger partial charge on any atom is 0.394 e. The van der Waals surface area contributed by atoms with Gasteiger partial charge >= 0.3 is 16.4 Å². The molecule has 1 atom stereocenters. The van der Waals surface area contributed by atoms with Gasteiger partial charge in [0.05, 0.1) is 16.6 Å². The Morgan fingerprint density at radius 3 is 2.29 bits per heavy atom. The Bertz CT molecular complexity index is 1210. The number of unbranched alkanes of at least 4 members (excludes halogenated alkanes) is 3. The summed E-state index contributed by atoms with van der Waals surface area (Å²) in [4.78, 5) is 10.8.